The highest BCUT2D eigenvalue weighted by Crippen LogP contribution is 2.49. The summed E-state index contributed by atoms with van der Waals surface area (Å²) in [5.41, 5.74) is 0. The van der Waals surface area contributed by atoms with Crippen LogP contribution in [0.15, 0.2) is 12.2 Å². The number of hydrogen-bond acceptors (Lipinski definition) is 24. The molecule has 19 atom stereocenters. The van der Waals surface area contributed by atoms with Crippen LogP contribution in [0.2, 0.25) is 0 Å². The molecular weight excluding hydrogens is 1540 g/mol. The minimum Gasteiger partial charge on any atom is -0.463 e. The molecule has 0 aromatic rings. The van der Waals surface area contributed by atoms with Crippen molar-refractivity contribution in [2.75, 3.05) is 26.4 Å². The van der Waals surface area contributed by atoms with Crippen molar-refractivity contribution in [3.63, 3.8) is 0 Å². The second-order valence-electron chi connectivity index (χ2n) is 34.5. The summed E-state index contributed by atoms with van der Waals surface area (Å²) in [7, 11) is -5.81. The lowest BCUT2D eigenvalue weighted by Crippen LogP contribution is -2.70. The lowest BCUT2D eigenvalue weighted by molar-refractivity contribution is -0.360. The molecule has 1 saturated carbocycles. The van der Waals surface area contributed by atoms with Crippen LogP contribution in [0.3, 0.4) is 0 Å². The molecule has 694 valence electrons. The molecule has 0 spiro atoms. The second kappa shape index (κ2) is 70.4. The van der Waals surface area contributed by atoms with Gasteiger partial charge in [-0.15, -0.1) is 0 Å². The number of esters is 4. The van der Waals surface area contributed by atoms with Crippen molar-refractivity contribution in [2.24, 2.45) is 5.92 Å². The summed E-state index contributed by atoms with van der Waals surface area (Å²) in [5, 5.41) is 102. The maximum absolute atomic E-state index is 14.9. The van der Waals surface area contributed by atoms with Crippen LogP contribution in [0.1, 0.15) is 413 Å². The highest BCUT2D eigenvalue weighted by Gasteiger charge is 2.60. The molecule has 1 aliphatic carbocycles. The summed E-state index contributed by atoms with van der Waals surface area (Å²) in [6.45, 7) is 7.94. The molecule has 19 unspecified atom stereocenters. The van der Waals surface area contributed by atoms with Gasteiger partial charge < -0.3 is 88.7 Å². The first kappa shape index (κ1) is 109. The van der Waals surface area contributed by atoms with Gasteiger partial charge in [0, 0.05) is 25.7 Å². The van der Waals surface area contributed by atoms with Gasteiger partial charge in [-0.05, 0) is 57.3 Å². The number of aliphatic hydroxyl groups is 9. The Morgan fingerprint density at radius 2 is 0.686 bits per heavy atom. The van der Waals surface area contributed by atoms with Gasteiger partial charge in [0.15, 0.2) is 24.8 Å². The first-order chi connectivity index (χ1) is 57.1. The molecule has 0 radical (unpaired) electrons. The second-order valence-corrected chi connectivity index (χ2v) is 35.9. The van der Waals surface area contributed by atoms with Crippen LogP contribution in [0.4, 0.5) is 0 Å². The van der Waals surface area contributed by atoms with Crippen molar-refractivity contribution in [1.29, 1.82) is 0 Å². The van der Waals surface area contributed by atoms with Crippen molar-refractivity contribution in [1.82, 2.24) is 0 Å². The van der Waals surface area contributed by atoms with Crippen LogP contribution < -0.4 is 0 Å². The van der Waals surface area contributed by atoms with Gasteiger partial charge in [0.25, 0.3) is 0 Å². The van der Waals surface area contributed by atoms with Crippen LogP contribution in [-0.4, -0.2) is 205 Å². The zero-order valence-corrected chi connectivity index (χ0v) is 75.0. The number of carbonyl (C=O) groups excluding carboxylic acids is 4. The number of allylic oxidation sites excluding steroid dienone is 2. The van der Waals surface area contributed by atoms with Crippen molar-refractivity contribution < 1.29 is 122 Å². The lowest BCUT2D eigenvalue weighted by Gasteiger charge is -2.50. The van der Waals surface area contributed by atoms with Crippen LogP contribution in [-0.2, 0) is 70.7 Å². The van der Waals surface area contributed by atoms with Gasteiger partial charge in [0.1, 0.15) is 92.6 Å². The Balaban J connectivity index is 1.92. The fourth-order valence-electron chi connectivity index (χ4n) is 16.0. The molecule has 0 aromatic heterocycles. The van der Waals surface area contributed by atoms with Crippen molar-refractivity contribution >= 4 is 31.7 Å². The van der Waals surface area contributed by atoms with E-state index in [-0.39, 0.29) is 25.7 Å². The Labute approximate surface area is 712 Å². The van der Waals surface area contributed by atoms with Gasteiger partial charge in [0.05, 0.1) is 13.2 Å². The van der Waals surface area contributed by atoms with E-state index in [4.69, 9.17) is 46.9 Å². The molecule has 26 heteroatoms. The predicted octanol–water partition coefficient (Wildman–Crippen LogP) is 17.8. The third-order valence-corrected chi connectivity index (χ3v) is 24.7. The molecule has 3 fully saturated rings. The van der Waals surface area contributed by atoms with E-state index in [2.05, 4.69) is 46.8 Å². The third-order valence-electron chi connectivity index (χ3n) is 23.7. The molecule has 10 N–H and O–H groups in total. The fraction of sp³-hybridized carbons (Fsp3) is 0.935. The van der Waals surface area contributed by atoms with Crippen molar-refractivity contribution in [2.45, 2.75) is 518 Å². The molecule has 118 heavy (non-hydrogen) atoms. The van der Waals surface area contributed by atoms with Crippen LogP contribution in [0, 0.1) is 5.92 Å². The van der Waals surface area contributed by atoms with E-state index in [1.807, 2.05) is 0 Å². The molecule has 2 heterocycles. The quantitative estimate of drug-likeness (QED) is 0.00889. The van der Waals surface area contributed by atoms with E-state index in [0.29, 0.717) is 38.0 Å². The number of unbranched alkanes of at least 4 members (excludes halogenated alkanes) is 47. The summed E-state index contributed by atoms with van der Waals surface area (Å²) in [6, 6.07) is 0. The highest BCUT2D eigenvalue weighted by molar-refractivity contribution is 7.47. The molecule has 0 amide bonds. The molecule has 3 rings (SSSR count). The van der Waals surface area contributed by atoms with E-state index in [0.717, 1.165) is 141 Å². The number of aliphatic hydroxyl groups excluding tert-OH is 9. The lowest BCUT2D eigenvalue weighted by atomic mass is 9.84. The van der Waals surface area contributed by atoms with Crippen molar-refractivity contribution in [3.05, 3.63) is 12.2 Å². The number of rotatable bonds is 77. The molecular formula is C92H171O25P. The Kier molecular flexibility index (Phi) is 65.2. The van der Waals surface area contributed by atoms with Gasteiger partial charge in [-0.25, -0.2) is 4.57 Å². The third kappa shape index (κ3) is 50.4. The maximum Gasteiger partial charge on any atom is 0.472 e. The van der Waals surface area contributed by atoms with Crippen molar-refractivity contribution in [3.8, 4) is 0 Å². The smallest absolute Gasteiger partial charge is 0.463 e. The largest absolute Gasteiger partial charge is 0.472 e. The van der Waals surface area contributed by atoms with Gasteiger partial charge in [0.2, 0.25) is 0 Å². The average molecular weight is 1710 g/mol. The molecule has 2 aliphatic heterocycles. The standard InChI is InChI=1S/C92H171O25P/c1-6-10-14-18-22-25-28-31-33-36-39-42-45-53-59-65-77(96)111-72(68-108-75(94)63-57-52-48-47-50-56-62-71(5)61-55-49-21-17-13-9-4)69-110-118(106,107)117-90-88(115-91-85(104)81(100)79(98)73(67-93)112-91)84(103)83(102)87(114-78(97)66-60-54-46-43-40-37-34-32-29-26-23-19-15-11-7-2)89(90)116-92-86(105)82(101)80(99)74(113-92)70-109-76(95)64-58-51-44-41-38-35-30-27-24-20-16-12-8-3/h26,29,71-74,79-93,98-105H,6-25,27-28,30-70H2,1-5H3,(H,106,107)/b29-26-. The Morgan fingerprint density at radius 1 is 0.356 bits per heavy atom. The topological polar surface area (TPSA) is 380 Å². The average Bonchev–Trinajstić information content (AvgIpc) is 0.755. The Morgan fingerprint density at radius 3 is 1.10 bits per heavy atom. The maximum atomic E-state index is 14.9. The van der Waals surface area contributed by atoms with E-state index >= 15 is 0 Å². The van der Waals surface area contributed by atoms with E-state index in [1.54, 1.807) is 0 Å². The minimum absolute atomic E-state index is 0.0175. The van der Waals surface area contributed by atoms with Crippen LogP contribution in [0.5, 0.6) is 0 Å². The molecule has 3 aliphatic rings. The highest BCUT2D eigenvalue weighted by atomic mass is 31.2. The van der Waals surface area contributed by atoms with Gasteiger partial charge in [-0.3, -0.25) is 28.2 Å². The van der Waals surface area contributed by atoms with Crippen LogP contribution >= 0.6 is 7.82 Å². The predicted molar refractivity (Wildman–Crippen MR) is 458 cm³/mol. The Bertz CT molecular complexity index is 2520. The summed E-state index contributed by atoms with van der Waals surface area (Å²) in [6.07, 6.45) is 27.7. The van der Waals surface area contributed by atoms with Gasteiger partial charge >= 0.3 is 31.7 Å². The summed E-state index contributed by atoms with van der Waals surface area (Å²) in [5.74, 6) is -2.27. The van der Waals surface area contributed by atoms with Gasteiger partial charge in [-0.1, -0.05) is 349 Å². The number of phosphoric acid groups is 1. The van der Waals surface area contributed by atoms with E-state index in [1.165, 1.54) is 180 Å². The summed E-state index contributed by atoms with van der Waals surface area (Å²) >= 11 is 0. The normalized spacial score (nSPS) is 25.2. The molecule has 2 saturated heterocycles. The first-order valence-electron chi connectivity index (χ1n) is 47.8. The van der Waals surface area contributed by atoms with Crippen LogP contribution in [0.25, 0.3) is 0 Å². The SMILES string of the molecule is CCCCCC/C=C\CCCCCCCCCC(=O)OC1C(O)C(O)C(OC2OC(CO)C(O)C(O)C2O)C(OP(=O)(O)OCC(COC(=O)CCCCCCCCC(C)CCCCCCCC)OC(=O)CCCCCCCCCCCCCCCCC)C1OC1OC(COC(=O)CCCCCCCCCCCCCCC)C(O)C(O)C1O. The number of carbonyl (C=O) groups is 4. The minimum atomic E-state index is -5.81. The Hall–Kier alpha value is -2.79. The number of ether oxygens (including phenoxy) is 8. The zero-order chi connectivity index (χ0) is 86.2. The number of phosphoric ester groups is 1. The van der Waals surface area contributed by atoms with Gasteiger partial charge in [-0.2, -0.15) is 0 Å². The molecule has 25 nitrogen and oxygen atoms in total. The summed E-state index contributed by atoms with van der Waals surface area (Å²) < 4.78 is 73.5. The zero-order valence-electron chi connectivity index (χ0n) is 74.1. The first-order valence-corrected chi connectivity index (χ1v) is 49.3. The molecule has 0 aromatic carbocycles. The number of hydrogen-bond donors (Lipinski definition) is 10. The fourth-order valence-corrected chi connectivity index (χ4v) is 16.9. The van der Waals surface area contributed by atoms with E-state index < -0.39 is 162 Å². The molecule has 0 bridgehead atoms. The monoisotopic (exact) mass is 1710 g/mol. The van der Waals surface area contributed by atoms with E-state index in [9.17, 15) is 74.6 Å². The summed E-state index contributed by atoms with van der Waals surface area (Å²) in [4.78, 5) is 66.5.